The number of rotatable bonds is 5. The van der Waals surface area contributed by atoms with Gasteiger partial charge >= 0.3 is 0 Å². The van der Waals surface area contributed by atoms with Crippen molar-refractivity contribution in [1.29, 1.82) is 0 Å². The van der Waals surface area contributed by atoms with Crippen molar-refractivity contribution < 1.29 is 17.9 Å². The second-order valence-corrected chi connectivity index (χ2v) is 8.79. The van der Waals surface area contributed by atoms with Gasteiger partial charge in [0.05, 0.1) is 10.9 Å². The number of sulfonamides is 1. The Kier molecular flexibility index (Phi) is 5.64. The normalized spacial score (nSPS) is 18.7. The van der Waals surface area contributed by atoms with E-state index in [1.54, 1.807) is 17.0 Å². The SMILES string of the molecule is COCC(=O)N1CCCc2ccc(NS(=O)(=O)C3CCCCC3)cc21. The van der Waals surface area contributed by atoms with Gasteiger partial charge in [-0.15, -0.1) is 0 Å². The van der Waals surface area contributed by atoms with Crippen molar-refractivity contribution in [3.63, 3.8) is 0 Å². The number of amides is 1. The van der Waals surface area contributed by atoms with Crippen LogP contribution in [0.25, 0.3) is 0 Å². The first-order chi connectivity index (χ1) is 12.0. The minimum atomic E-state index is -3.39. The van der Waals surface area contributed by atoms with Gasteiger partial charge in [0.25, 0.3) is 5.91 Å². The molecule has 1 heterocycles. The molecule has 1 aliphatic carbocycles. The highest BCUT2D eigenvalue weighted by Crippen LogP contribution is 2.32. The maximum atomic E-state index is 12.6. The van der Waals surface area contributed by atoms with Gasteiger partial charge in [-0.3, -0.25) is 9.52 Å². The largest absolute Gasteiger partial charge is 0.375 e. The fourth-order valence-electron chi connectivity index (χ4n) is 3.72. The second-order valence-electron chi connectivity index (χ2n) is 6.83. The summed E-state index contributed by atoms with van der Waals surface area (Å²) in [6.45, 7) is 0.658. The van der Waals surface area contributed by atoms with E-state index in [0.29, 0.717) is 12.2 Å². The Balaban J connectivity index is 1.82. The molecule has 0 spiro atoms. The summed E-state index contributed by atoms with van der Waals surface area (Å²) in [7, 11) is -1.89. The molecule has 1 fully saturated rings. The molecule has 2 aliphatic rings. The predicted molar refractivity (Wildman–Crippen MR) is 98.4 cm³/mol. The van der Waals surface area contributed by atoms with E-state index in [0.717, 1.165) is 56.2 Å². The predicted octanol–water partition coefficient (Wildman–Crippen LogP) is 2.69. The fourth-order valence-corrected chi connectivity index (χ4v) is 5.30. The lowest BCUT2D eigenvalue weighted by Gasteiger charge is -2.30. The topological polar surface area (TPSA) is 75.7 Å². The van der Waals surface area contributed by atoms with Gasteiger partial charge in [0.15, 0.2) is 0 Å². The van der Waals surface area contributed by atoms with Crippen LogP contribution in [-0.2, 0) is 26.0 Å². The van der Waals surface area contributed by atoms with Crippen molar-refractivity contribution >= 4 is 27.3 Å². The number of nitrogens with one attached hydrogen (secondary N) is 1. The highest BCUT2D eigenvalue weighted by Gasteiger charge is 2.28. The first kappa shape index (κ1) is 18.2. The highest BCUT2D eigenvalue weighted by molar-refractivity contribution is 7.93. The average molecular weight is 366 g/mol. The summed E-state index contributed by atoms with van der Waals surface area (Å²) >= 11 is 0. The molecule has 0 unspecified atom stereocenters. The van der Waals surface area contributed by atoms with E-state index in [-0.39, 0.29) is 17.8 Å². The lowest BCUT2D eigenvalue weighted by atomic mass is 10.0. The van der Waals surface area contributed by atoms with Crippen LogP contribution in [0.2, 0.25) is 0 Å². The molecular weight excluding hydrogens is 340 g/mol. The molecule has 7 heteroatoms. The number of nitrogens with zero attached hydrogens (tertiary/aromatic N) is 1. The molecule has 3 rings (SSSR count). The van der Waals surface area contributed by atoms with Gasteiger partial charge in [-0.2, -0.15) is 0 Å². The van der Waals surface area contributed by atoms with E-state index in [9.17, 15) is 13.2 Å². The van der Waals surface area contributed by atoms with E-state index in [2.05, 4.69) is 4.72 Å². The van der Waals surface area contributed by atoms with E-state index in [1.165, 1.54) is 7.11 Å². The quantitative estimate of drug-likeness (QED) is 0.869. The maximum Gasteiger partial charge on any atom is 0.252 e. The number of ether oxygens (including phenoxy) is 1. The van der Waals surface area contributed by atoms with E-state index in [4.69, 9.17) is 4.74 Å². The zero-order valence-electron chi connectivity index (χ0n) is 14.7. The van der Waals surface area contributed by atoms with Crippen molar-refractivity contribution in [2.45, 2.75) is 50.2 Å². The third kappa shape index (κ3) is 4.15. The number of methoxy groups -OCH3 is 1. The van der Waals surface area contributed by atoms with Gasteiger partial charge in [0.1, 0.15) is 6.61 Å². The average Bonchev–Trinajstić information content (AvgIpc) is 2.62. The zero-order chi connectivity index (χ0) is 17.9. The Morgan fingerprint density at radius 2 is 2.00 bits per heavy atom. The van der Waals surface area contributed by atoms with Crippen molar-refractivity contribution in [1.82, 2.24) is 0 Å². The van der Waals surface area contributed by atoms with Gasteiger partial charge in [0, 0.05) is 19.3 Å². The van der Waals surface area contributed by atoms with Crippen LogP contribution in [0, 0.1) is 0 Å². The van der Waals surface area contributed by atoms with E-state index in [1.807, 2.05) is 6.07 Å². The molecule has 138 valence electrons. The number of hydrogen-bond donors (Lipinski definition) is 1. The molecule has 0 radical (unpaired) electrons. The minimum Gasteiger partial charge on any atom is -0.375 e. The maximum absolute atomic E-state index is 12.6. The summed E-state index contributed by atoms with van der Waals surface area (Å²) in [6, 6.07) is 5.49. The van der Waals surface area contributed by atoms with E-state index >= 15 is 0 Å². The second kappa shape index (κ2) is 7.74. The van der Waals surface area contributed by atoms with Crippen molar-refractivity contribution in [2.24, 2.45) is 0 Å². The smallest absolute Gasteiger partial charge is 0.252 e. The number of carbonyl (C=O) groups excluding carboxylic acids is 1. The zero-order valence-corrected chi connectivity index (χ0v) is 15.5. The van der Waals surface area contributed by atoms with Gasteiger partial charge in [0.2, 0.25) is 10.0 Å². The summed E-state index contributed by atoms with van der Waals surface area (Å²) < 4.78 is 33.0. The van der Waals surface area contributed by atoms with Crippen LogP contribution in [0.4, 0.5) is 11.4 Å². The van der Waals surface area contributed by atoms with Gasteiger partial charge in [-0.25, -0.2) is 8.42 Å². The van der Waals surface area contributed by atoms with Crippen LogP contribution < -0.4 is 9.62 Å². The molecule has 0 aromatic heterocycles. The van der Waals surface area contributed by atoms with Gasteiger partial charge < -0.3 is 9.64 Å². The summed E-state index contributed by atoms with van der Waals surface area (Å²) in [5.74, 6) is -0.101. The Morgan fingerprint density at radius 1 is 1.24 bits per heavy atom. The molecule has 0 saturated heterocycles. The Morgan fingerprint density at radius 3 is 2.72 bits per heavy atom. The molecule has 1 saturated carbocycles. The molecule has 1 aliphatic heterocycles. The van der Waals surface area contributed by atoms with Crippen LogP contribution in [0.3, 0.4) is 0 Å². The van der Waals surface area contributed by atoms with Crippen LogP contribution in [0.15, 0.2) is 18.2 Å². The highest BCUT2D eigenvalue weighted by atomic mass is 32.2. The molecule has 1 amide bonds. The van der Waals surface area contributed by atoms with Crippen molar-refractivity contribution in [3.05, 3.63) is 23.8 Å². The lowest BCUT2D eigenvalue weighted by molar-refractivity contribution is -0.122. The number of fused-ring (bicyclic) bond motifs is 1. The molecular formula is C18H26N2O4S. The first-order valence-corrected chi connectivity index (χ1v) is 10.5. The summed E-state index contributed by atoms with van der Waals surface area (Å²) in [5, 5.41) is -0.316. The molecule has 6 nitrogen and oxygen atoms in total. The van der Waals surface area contributed by atoms with Crippen LogP contribution in [0.1, 0.15) is 44.1 Å². The van der Waals surface area contributed by atoms with Crippen LogP contribution >= 0.6 is 0 Å². The Labute approximate surface area is 149 Å². The minimum absolute atomic E-state index is 0.0253. The number of hydrogen-bond acceptors (Lipinski definition) is 4. The molecule has 0 atom stereocenters. The monoisotopic (exact) mass is 366 g/mol. The van der Waals surface area contributed by atoms with Crippen LogP contribution in [-0.4, -0.2) is 39.8 Å². The lowest BCUT2D eigenvalue weighted by Crippen LogP contribution is -2.38. The number of benzene rings is 1. The molecule has 25 heavy (non-hydrogen) atoms. The number of carbonyl (C=O) groups is 1. The third-order valence-electron chi connectivity index (χ3n) is 5.02. The van der Waals surface area contributed by atoms with E-state index < -0.39 is 10.0 Å². The molecule has 0 bridgehead atoms. The first-order valence-electron chi connectivity index (χ1n) is 8.95. The Bertz CT molecular complexity index is 727. The summed E-state index contributed by atoms with van der Waals surface area (Å²) in [6.07, 6.45) is 6.28. The third-order valence-corrected chi connectivity index (χ3v) is 6.89. The van der Waals surface area contributed by atoms with Gasteiger partial charge in [-0.1, -0.05) is 25.3 Å². The van der Waals surface area contributed by atoms with Crippen LogP contribution in [0.5, 0.6) is 0 Å². The molecule has 1 aromatic rings. The molecule has 1 N–H and O–H groups in total. The van der Waals surface area contributed by atoms with Crippen molar-refractivity contribution in [2.75, 3.05) is 29.9 Å². The number of aryl methyl sites for hydroxylation is 1. The standard InChI is InChI=1S/C18H26N2O4S/c1-24-13-18(21)20-11-5-6-14-9-10-15(12-17(14)20)19-25(22,23)16-7-3-2-4-8-16/h9-10,12,16,19H,2-8,11,13H2,1H3. The number of anilines is 2. The fraction of sp³-hybridized carbons (Fsp3) is 0.611. The van der Waals surface area contributed by atoms with Crippen molar-refractivity contribution in [3.8, 4) is 0 Å². The Hall–Kier alpha value is -1.60. The van der Waals surface area contributed by atoms with Gasteiger partial charge in [-0.05, 0) is 43.4 Å². The molecule has 1 aromatic carbocycles. The summed E-state index contributed by atoms with van der Waals surface area (Å²) in [5.41, 5.74) is 2.38. The summed E-state index contributed by atoms with van der Waals surface area (Å²) in [4.78, 5) is 14.0.